The van der Waals surface area contributed by atoms with E-state index in [2.05, 4.69) is 0 Å². The van der Waals surface area contributed by atoms with Crippen LogP contribution < -0.4 is 20.1 Å². The summed E-state index contributed by atoms with van der Waals surface area (Å²) in [4.78, 5) is 28.0. The average Bonchev–Trinajstić information content (AvgIpc) is 2.67. The molecular weight excluding hydrogens is 346 g/mol. The smallest absolute Gasteiger partial charge is 0.260 e. The Morgan fingerprint density at radius 1 is 1.22 bits per heavy atom. The quantitative estimate of drug-likeness (QED) is 0.832. The molecule has 1 atom stereocenters. The zero-order valence-corrected chi connectivity index (χ0v) is 15.4. The summed E-state index contributed by atoms with van der Waals surface area (Å²) in [5.74, 6) is 0.537. The van der Waals surface area contributed by atoms with Crippen LogP contribution in [0.15, 0.2) is 48.5 Å². The lowest BCUT2D eigenvalue weighted by molar-refractivity contribution is -0.125. The Kier molecular flexibility index (Phi) is 5.61. The van der Waals surface area contributed by atoms with Crippen LogP contribution in [-0.2, 0) is 16.1 Å². The molecule has 1 heterocycles. The molecule has 0 radical (unpaired) electrons. The van der Waals surface area contributed by atoms with Gasteiger partial charge in [-0.1, -0.05) is 30.3 Å². The molecule has 2 N–H and O–H groups in total. The van der Waals surface area contributed by atoms with Gasteiger partial charge < -0.3 is 20.1 Å². The number of methoxy groups -OCH3 is 1. The second-order valence-electron chi connectivity index (χ2n) is 6.47. The molecule has 27 heavy (non-hydrogen) atoms. The summed E-state index contributed by atoms with van der Waals surface area (Å²) < 4.78 is 11.0. The number of hydrogen-bond acceptors (Lipinski definition) is 5. The van der Waals surface area contributed by atoms with E-state index in [4.69, 9.17) is 15.2 Å². The van der Waals surface area contributed by atoms with Crippen LogP contribution in [0.25, 0.3) is 0 Å². The summed E-state index contributed by atoms with van der Waals surface area (Å²) in [6, 6.07) is 14.8. The number of anilines is 1. The molecule has 1 aliphatic heterocycles. The monoisotopic (exact) mass is 369 g/mol. The minimum atomic E-state index is -0.858. The SMILES string of the molecule is COc1ccccc1CN(C)CC(=O)N1C[C@H](C(N)=O)Oc2ccccc21. The van der Waals surface area contributed by atoms with Gasteiger partial charge in [-0.2, -0.15) is 0 Å². The Balaban J connectivity index is 1.74. The molecule has 3 rings (SSSR count). The average molecular weight is 369 g/mol. The first-order valence-electron chi connectivity index (χ1n) is 8.65. The van der Waals surface area contributed by atoms with E-state index in [9.17, 15) is 9.59 Å². The van der Waals surface area contributed by atoms with Crippen LogP contribution in [0, 0.1) is 0 Å². The number of nitrogens with two attached hydrogens (primary N) is 1. The van der Waals surface area contributed by atoms with Crippen molar-refractivity contribution in [3.63, 3.8) is 0 Å². The van der Waals surface area contributed by atoms with Crippen LogP contribution in [0.5, 0.6) is 11.5 Å². The van der Waals surface area contributed by atoms with Gasteiger partial charge in [0.25, 0.3) is 5.91 Å². The van der Waals surface area contributed by atoms with Gasteiger partial charge in [-0.3, -0.25) is 14.5 Å². The van der Waals surface area contributed by atoms with Gasteiger partial charge in [-0.25, -0.2) is 0 Å². The molecule has 0 aromatic heterocycles. The molecule has 0 bridgehead atoms. The molecule has 2 amide bonds. The van der Waals surface area contributed by atoms with Gasteiger partial charge in [0, 0.05) is 12.1 Å². The second kappa shape index (κ2) is 8.09. The van der Waals surface area contributed by atoms with Gasteiger partial charge in [0.15, 0.2) is 6.10 Å². The zero-order valence-electron chi connectivity index (χ0n) is 15.4. The van der Waals surface area contributed by atoms with Crippen molar-refractivity contribution in [2.45, 2.75) is 12.6 Å². The van der Waals surface area contributed by atoms with Crippen molar-refractivity contribution in [1.82, 2.24) is 4.90 Å². The number of fused-ring (bicyclic) bond motifs is 1. The fraction of sp³-hybridized carbons (Fsp3) is 0.300. The molecule has 1 aliphatic rings. The Labute approximate surface area is 158 Å². The topological polar surface area (TPSA) is 85.1 Å². The standard InChI is InChI=1S/C20H23N3O4/c1-22(11-14-7-3-5-9-16(14)26-2)13-19(24)23-12-18(20(21)25)27-17-10-6-4-8-15(17)23/h3-10,18H,11-13H2,1-2H3,(H2,21,25)/t18-/m1/s1. The highest BCUT2D eigenvalue weighted by atomic mass is 16.5. The van der Waals surface area contributed by atoms with Gasteiger partial charge in [0.2, 0.25) is 5.91 Å². The molecule has 0 fully saturated rings. The first-order valence-corrected chi connectivity index (χ1v) is 8.65. The molecule has 0 unspecified atom stereocenters. The summed E-state index contributed by atoms with van der Waals surface area (Å²) in [5, 5.41) is 0. The number of carbonyl (C=O) groups is 2. The predicted octanol–water partition coefficient (Wildman–Crippen LogP) is 1.41. The van der Waals surface area contributed by atoms with Crippen LogP contribution in [0.3, 0.4) is 0 Å². The van der Waals surface area contributed by atoms with Crippen molar-refractivity contribution < 1.29 is 19.1 Å². The van der Waals surface area contributed by atoms with Gasteiger partial charge in [0.1, 0.15) is 11.5 Å². The number of hydrogen-bond donors (Lipinski definition) is 1. The molecule has 0 saturated carbocycles. The first kappa shape index (κ1) is 18.7. The maximum atomic E-state index is 12.9. The molecule has 7 nitrogen and oxygen atoms in total. The lowest BCUT2D eigenvalue weighted by Gasteiger charge is -2.34. The highest BCUT2D eigenvalue weighted by Crippen LogP contribution is 2.33. The number of primary amides is 1. The minimum Gasteiger partial charge on any atom is -0.496 e. The van der Waals surface area contributed by atoms with E-state index in [1.54, 1.807) is 30.2 Å². The van der Waals surface area contributed by atoms with Crippen molar-refractivity contribution in [3.05, 3.63) is 54.1 Å². The highest BCUT2D eigenvalue weighted by molar-refractivity contribution is 5.98. The van der Waals surface area contributed by atoms with Crippen LogP contribution in [0.2, 0.25) is 0 Å². The van der Waals surface area contributed by atoms with Crippen molar-refractivity contribution in [2.75, 3.05) is 32.1 Å². The number of para-hydroxylation sites is 3. The number of benzene rings is 2. The molecule has 142 valence electrons. The fourth-order valence-electron chi connectivity index (χ4n) is 3.12. The van der Waals surface area contributed by atoms with Gasteiger partial charge >= 0.3 is 0 Å². The van der Waals surface area contributed by atoms with E-state index in [1.165, 1.54) is 0 Å². The number of rotatable bonds is 6. The van der Waals surface area contributed by atoms with Crippen molar-refractivity contribution in [3.8, 4) is 11.5 Å². The summed E-state index contributed by atoms with van der Waals surface area (Å²) in [5.41, 5.74) is 7.03. The minimum absolute atomic E-state index is 0.105. The fourth-order valence-corrected chi connectivity index (χ4v) is 3.12. The van der Waals surface area contributed by atoms with Gasteiger partial charge in [-0.15, -0.1) is 0 Å². The largest absolute Gasteiger partial charge is 0.496 e. The molecule has 0 aliphatic carbocycles. The number of nitrogens with zero attached hydrogens (tertiary/aromatic N) is 2. The predicted molar refractivity (Wildman–Crippen MR) is 102 cm³/mol. The van der Waals surface area contributed by atoms with Crippen LogP contribution in [-0.4, -0.2) is 50.1 Å². The van der Waals surface area contributed by atoms with Gasteiger partial charge in [-0.05, 0) is 25.2 Å². The van der Waals surface area contributed by atoms with Crippen molar-refractivity contribution >= 4 is 17.5 Å². The summed E-state index contributed by atoms with van der Waals surface area (Å²) in [6.45, 7) is 0.840. The lowest BCUT2D eigenvalue weighted by Crippen LogP contribution is -2.51. The van der Waals surface area contributed by atoms with Crippen LogP contribution in [0.4, 0.5) is 5.69 Å². The lowest BCUT2D eigenvalue weighted by atomic mass is 10.1. The van der Waals surface area contributed by atoms with E-state index in [-0.39, 0.29) is 19.0 Å². The third-order valence-corrected chi connectivity index (χ3v) is 4.43. The second-order valence-corrected chi connectivity index (χ2v) is 6.47. The van der Waals surface area contributed by atoms with Crippen LogP contribution in [0.1, 0.15) is 5.56 Å². The zero-order chi connectivity index (χ0) is 19.4. The molecule has 2 aromatic rings. The first-order chi connectivity index (χ1) is 13.0. The molecule has 7 heteroatoms. The van der Waals surface area contributed by atoms with Gasteiger partial charge in [0.05, 0.1) is 25.9 Å². The molecular formula is C20H23N3O4. The number of ether oxygens (including phenoxy) is 2. The molecule has 0 saturated heterocycles. The Morgan fingerprint density at radius 3 is 2.67 bits per heavy atom. The molecule has 0 spiro atoms. The highest BCUT2D eigenvalue weighted by Gasteiger charge is 2.32. The summed E-state index contributed by atoms with van der Waals surface area (Å²) in [7, 11) is 3.49. The Morgan fingerprint density at radius 2 is 1.93 bits per heavy atom. The normalized spacial score (nSPS) is 15.8. The summed E-state index contributed by atoms with van der Waals surface area (Å²) in [6.07, 6.45) is -0.858. The number of likely N-dealkylation sites (N-methyl/N-ethyl adjacent to an activating group) is 1. The summed E-state index contributed by atoms with van der Waals surface area (Å²) >= 11 is 0. The van der Waals surface area contributed by atoms with E-state index in [1.807, 2.05) is 42.3 Å². The maximum absolute atomic E-state index is 12.9. The van der Waals surface area contributed by atoms with E-state index in [0.29, 0.717) is 18.0 Å². The van der Waals surface area contributed by atoms with E-state index in [0.717, 1.165) is 11.3 Å². The van der Waals surface area contributed by atoms with Crippen molar-refractivity contribution in [2.24, 2.45) is 5.73 Å². The third kappa shape index (κ3) is 4.20. The maximum Gasteiger partial charge on any atom is 0.260 e. The van der Waals surface area contributed by atoms with Crippen LogP contribution >= 0.6 is 0 Å². The van der Waals surface area contributed by atoms with E-state index >= 15 is 0 Å². The Hall–Kier alpha value is -3.06. The van der Waals surface area contributed by atoms with E-state index < -0.39 is 12.0 Å². The molecule has 2 aromatic carbocycles. The number of amides is 2. The third-order valence-electron chi connectivity index (χ3n) is 4.43. The van der Waals surface area contributed by atoms with Crippen molar-refractivity contribution in [1.29, 1.82) is 0 Å². The Bertz CT molecular complexity index is 839. The number of carbonyl (C=O) groups excluding carboxylic acids is 2.